The minimum Gasteiger partial charge on any atom is -0.444 e. The SMILES string of the molecule is CCNC(=NCC1CCN(Cc2nc(C)c(C)o2)CC1)N(C)CC(=O)N(CC)CC.I. The van der Waals surface area contributed by atoms with Gasteiger partial charge >= 0.3 is 0 Å². The molecular formula is C22H41IN6O2. The normalized spacial score (nSPS) is 15.5. The molecule has 9 heteroatoms. The Kier molecular flexibility index (Phi) is 12.4. The van der Waals surface area contributed by atoms with Gasteiger partial charge in [0.2, 0.25) is 11.8 Å². The molecule has 0 aromatic carbocycles. The average Bonchev–Trinajstić information content (AvgIpc) is 3.04. The number of carbonyl (C=O) groups excluding carboxylic acids is 1. The van der Waals surface area contributed by atoms with Crippen LogP contribution in [0.15, 0.2) is 9.41 Å². The Bertz CT molecular complexity index is 677. The predicted molar refractivity (Wildman–Crippen MR) is 136 cm³/mol. The fraction of sp³-hybridized carbons (Fsp3) is 0.773. The van der Waals surface area contributed by atoms with Crippen molar-refractivity contribution in [3.05, 3.63) is 17.3 Å². The van der Waals surface area contributed by atoms with Crippen molar-refractivity contribution in [1.82, 2.24) is 25.0 Å². The van der Waals surface area contributed by atoms with Crippen molar-refractivity contribution in [2.75, 3.05) is 52.9 Å². The minimum atomic E-state index is 0. The molecule has 0 bridgehead atoms. The highest BCUT2D eigenvalue weighted by Crippen LogP contribution is 2.20. The topological polar surface area (TPSA) is 77.2 Å². The van der Waals surface area contributed by atoms with Gasteiger partial charge in [-0.05, 0) is 66.5 Å². The Morgan fingerprint density at radius 3 is 2.39 bits per heavy atom. The highest BCUT2D eigenvalue weighted by molar-refractivity contribution is 14.0. The maximum Gasteiger partial charge on any atom is 0.242 e. The quantitative estimate of drug-likeness (QED) is 0.291. The standard InChI is InChI=1S/C22H40N6O2.HI/c1-7-23-22(26(6)16-21(29)28(8-2)9-3)24-14-19-10-12-27(13-11-19)15-20-25-17(4)18(5)30-20;/h19H,7-16H2,1-6H3,(H,23,24);1H. The van der Waals surface area contributed by atoms with Crippen LogP contribution in [0, 0.1) is 19.8 Å². The van der Waals surface area contributed by atoms with Crippen molar-refractivity contribution in [3.63, 3.8) is 0 Å². The van der Waals surface area contributed by atoms with E-state index in [0.717, 1.165) is 82.0 Å². The molecule has 1 aromatic rings. The highest BCUT2D eigenvalue weighted by Gasteiger charge is 2.21. The molecule has 8 nitrogen and oxygen atoms in total. The number of guanidine groups is 1. The Labute approximate surface area is 204 Å². The number of likely N-dealkylation sites (N-methyl/N-ethyl adjacent to an activating group) is 2. The number of aliphatic imine (C=N–C) groups is 1. The molecule has 2 heterocycles. The van der Waals surface area contributed by atoms with Gasteiger partial charge in [-0.1, -0.05) is 0 Å². The van der Waals surface area contributed by atoms with E-state index in [4.69, 9.17) is 9.41 Å². The van der Waals surface area contributed by atoms with Crippen molar-refractivity contribution < 1.29 is 9.21 Å². The van der Waals surface area contributed by atoms with Gasteiger partial charge in [-0.2, -0.15) is 0 Å². The van der Waals surface area contributed by atoms with E-state index in [0.29, 0.717) is 12.5 Å². The van der Waals surface area contributed by atoms with E-state index in [1.807, 2.05) is 44.5 Å². The molecule has 0 spiro atoms. The first-order chi connectivity index (χ1) is 14.4. The molecule has 0 unspecified atom stereocenters. The molecule has 0 atom stereocenters. The molecule has 0 radical (unpaired) electrons. The third-order valence-corrected chi connectivity index (χ3v) is 5.82. The Morgan fingerprint density at radius 1 is 1.23 bits per heavy atom. The number of amides is 1. The van der Waals surface area contributed by atoms with Gasteiger partial charge in [-0.25, -0.2) is 4.98 Å². The van der Waals surface area contributed by atoms with E-state index in [2.05, 4.69) is 22.1 Å². The van der Waals surface area contributed by atoms with Crippen LogP contribution in [-0.4, -0.2) is 84.4 Å². The van der Waals surface area contributed by atoms with Crippen LogP contribution in [0.1, 0.15) is 51.0 Å². The second-order valence-electron chi connectivity index (χ2n) is 8.09. The van der Waals surface area contributed by atoms with Crippen LogP contribution in [0.25, 0.3) is 0 Å². The van der Waals surface area contributed by atoms with Crippen LogP contribution in [-0.2, 0) is 11.3 Å². The number of rotatable bonds is 9. The Balaban J connectivity index is 0.00000480. The summed E-state index contributed by atoms with van der Waals surface area (Å²) < 4.78 is 5.72. The molecule has 2 rings (SSSR count). The number of likely N-dealkylation sites (tertiary alicyclic amines) is 1. The lowest BCUT2D eigenvalue weighted by Gasteiger charge is -2.31. The average molecular weight is 549 g/mol. The van der Waals surface area contributed by atoms with Gasteiger partial charge in [0.05, 0.1) is 18.8 Å². The summed E-state index contributed by atoms with van der Waals surface area (Å²) in [5, 5.41) is 3.33. The summed E-state index contributed by atoms with van der Waals surface area (Å²) in [7, 11) is 1.94. The van der Waals surface area contributed by atoms with Crippen molar-refractivity contribution >= 4 is 35.8 Å². The maximum absolute atomic E-state index is 12.4. The molecule has 1 N–H and O–H groups in total. The molecule has 1 saturated heterocycles. The molecule has 31 heavy (non-hydrogen) atoms. The van der Waals surface area contributed by atoms with Crippen LogP contribution in [0.3, 0.4) is 0 Å². The van der Waals surface area contributed by atoms with Crippen LogP contribution >= 0.6 is 24.0 Å². The monoisotopic (exact) mass is 548 g/mol. The van der Waals surface area contributed by atoms with Crippen molar-refractivity contribution in [2.45, 2.75) is 54.0 Å². The first kappa shape index (κ1) is 27.7. The van der Waals surface area contributed by atoms with E-state index in [-0.39, 0.29) is 29.9 Å². The molecule has 1 aliphatic rings. The number of oxazole rings is 1. The van der Waals surface area contributed by atoms with E-state index >= 15 is 0 Å². The van der Waals surface area contributed by atoms with Gasteiger partial charge in [0.1, 0.15) is 5.76 Å². The molecule has 1 fully saturated rings. The number of nitrogens with zero attached hydrogens (tertiary/aromatic N) is 5. The van der Waals surface area contributed by atoms with E-state index in [9.17, 15) is 4.79 Å². The summed E-state index contributed by atoms with van der Waals surface area (Å²) in [5.41, 5.74) is 0.980. The van der Waals surface area contributed by atoms with E-state index in [1.54, 1.807) is 0 Å². The summed E-state index contributed by atoms with van der Waals surface area (Å²) in [4.78, 5) is 28.0. The van der Waals surface area contributed by atoms with Gasteiger partial charge in [0, 0.05) is 33.2 Å². The molecule has 0 saturated carbocycles. The number of hydrogen-bond donors (Lipinski definition) is 1. The summed E-state index contributed by atoms with van der Waals surface area (Å²) in [6, 6.07) is 0. The molecule has 1 amide bonds. The summed E-state index contributed by atoms with van der Waals surface area (Å²) in [5.74, 6) is 3.24. The fourth-order valence-electron chi connectivity index (χ4n) is 3.76. The lowest BCUT2D eigenvalue weighted by Crippen LogP contribution is -2.46. The zero-order valence-corrected chi connectivity index (χ0v) is 22.4. The van der Waals surface area contributed by atoms with E-state index < -0.39 is 0 Å². The summed E-state index contributed by atoms with van der Waals surface area (Å²) >= 11 is 0. The zero-order chi connectivity index (χ0) is 22.1. The highest BCUT2D eigenvalue weighted by atomic mass is 127. The van der Waals surface area contributed by atoms with Gasteiger partial charge in [0.15, 0.2) is 5.96 Å². The second-order valence-corrected chi connectivity index (χ2v) is 8.09. The largest absolute Gasteiger partial charge is 0.444 e. The van der Waals surface area contributed by atoms with Gasteiger partial charge in [0.25, 0.3) is 0 Å². The Hall–Kier alpha value is -1.36. The smallest absolute Gasteiger partial charge is 0.242 e. The molecule has 178 valence electrons. The molecule has 0 aliphatic carbocycles. The molecule has 1 aromatic heterocycles. The number of hydrogen-bond acceptors (Lipinski definition) is 5. The van der Waals surface area contributed by atoms with Crippen molar-refractivity contribution in [3.8, 4) is 0 Å². The number of piperidine rings is 1. The summed E-state index contributed by atoms with van der Waals surface area (Å²) in [6.45, 7) is 16.3. The lowest BCUT2D eigenvalue weighted by molar-refractivity contribution is -0.131. The second kappa shape index (κ2) is 13.9. The first-order valence-corrected chi connectivity index (χ1v) is 11.3. The van der Waals surface area contributed by atoms with Crippen LogP contribution < -0.4 is 5.32 Å². The first-order valence-electron chi connectivity index (χ1n) is 11.3. The van der Waals surface area contributed by atoms with Crippen molar-refractivity contribution in [2.24, 2.45) is 10.9 Å². The number of halogens is 1. The van der Waals surface area contributed by atoms with Crippen LogP contribution in [0.2, 0.25) is 0 Å². The van der Waals surface area contributed by atoms with Crippen LogP contribution in [0.4, 0.5) is 0 Å². The summed E-state index contributed by atoms with van der Waals surface area (Å²) in [6.07, 6.45) is 2.23. The lowest BCUT2D eigenvalue weighted by atomic mass is 9.97. The number of aromatic nitrogens is 1. The number of nitrogens with one attached hydrogen (secondary N) is 1. The molecule has 1 aliphatic heterocycles. The Morgan fingerprint density at radius 2 is 1.87 bits per heavy atom. The predicted octanol–water partition coefficient (Wildman–Crippen LogP) is 2.89. The van der Waals surface area contributed by atoms with Crippen LogP contribution in [0.5, 0.6) is 0 Å². The maximum atomic E-state index is 12.4. The zero-order valence-electron chi connectivity index (χ0n) is 20.1. The van der Waals surface area contributed by atoms with Crippen molar-refractivity contribution in [1.29, 1.82) is 0 Å². The third-order valence-electron chi connectivity index (χ3n) is 5.82. The number of aryl methyl sites for hydroxylation is 2. The third kappa shape index (κ3) is 8.59. The van der Waals surface area contributed by atoms with E-state index in [1.165, 1.54) is 0 Å². The van der Waals surface area contributed by atoms with Gasteiger partial charge in [-0.3, -0.25) is 14.7 Å². The fourth-order valence-corrected chi connectivity index (χ4v) is 3.76. The number of carbonyl (C=O) groups is 1. The molecular weight excluding hydrogens is 507 g/mol. The van der Waals surface area contributed by atoms with Gasteiger partial charge in [-0.15, -0.1) is 24.0 Å². The van der Waals surface area contributed by atoms with Gasteiger partial charge < -0.3 is 19.5 Å². The minimum absolute atomic E-state index is 0.